The normalized spacial score (nSPS) is 13.0. The van der Waals surface area contributed by atoms with E-state index < -0.39 is 11.7 Å². The standard InChI is InChI=1S/C10H9ClF3NO2/c1-6(16)15-7-2-4-8(5-3-7)17-10(13,14)9(11)12/h2-5,9H,1H3,(H,15,16). The fraction of sp³-hybridized carbons (Fsp3) is 0.300. The molecule has 1 N–H and O–H groups in total. The van der Waals surface area contributed by atoms with Crippen molar-refractivity contribution < 1.29 is 22.7 Å². The molecule has 0 aliphatic carbocycles. The van der Waals surface area contributed by atoms with Gasteiger partial charge in [-0.2, -0.15) is 8.78 Å². The highest BCUT2D eigenvalue weighted by Crippen LogP contribution is 2.29. The van der Waals surface area contributed by atoms with Crippen molar-refractivity contribution in [2.24, 2.45) is 0 Å². The minimum absolute atomic E-state index is 0.257. The molecule has 0 aliphatic rings. The van der Waals surface area contributed by atoms with Crippen molar-refractivity contribution >= 4 is 23.2 Å². The average Bonchev–Trinajstić information content (AvgIpc) is 2.19. The molecule has 0 fully saturated rings. The Labute approximate surface area is 101 Å². The van der Waals surface area contributed by atoms with Crippen LogP contribution in [0.25, 0.3) is 0 Å². The molecule has 0 aliphatic heterocycles. The van der Waals surface area contributed by atoms with Gasteiger partial charge in [-0.15, -0.1) is 0 Å². The van der Waals surface area contributed by atoms with Crippen molar-refractivity contribution in [2.75, 3.05) is 5.32 Å². The lowest BCUT2D eigenvalue weighted by atomic mass is 10.3. The van der Waals surface area contributed by atoms with Gasteiger partial charge >= 0.3 is 6.11 Å². The Morgan fingerprint density at radius 3 is 2.35 bits per heavy atom. The number of halogens is 4. The number of rotatable bonds is 4. The van der Waals surface area contributed by atoms with Crippen LogP contribution in [0.5, 0.6) is 5.75 Å². The molecule has 0 bridgehead atoms. The minimum atomic E-state index is -4.10. The number of ether oxygens (including phenoxy) is 1. The number of carbonyl (C=O) groups is 1. The molecule has 3 nitrogen and oxygen atoms in total. The van der Waals surface area contributed by atoms with E-state index in [4.69, 9.17) is 0 Å². The summed E-state index contributed by atoms with van der Waals surface area (Å²) in [5.74, 6) is -0.555. The third-order valence-corrected chi connectivity index (χ3v) is 1.94. The highest BCUT2D eigenvalue weighted by Gasteiger charge is 2.42. The van der Waals surface area contributed by atoms with Crippen LogP contribution in [-0.4, -0.2) is 17.6 Å². The van der Waals surface area contributed by atoms with Crippen molar-refractivity contribution in [1.29, 1.82) is 0 Å². The maximum absolute atomic E-state index is 12.7. The first-order valence-electron chi connectivity index (χ1n) is 4.54. The van der Waals surface area contributed by atoms with Crippen molar-refractivity contribution in [3.8, 4) is 5.75 Å². The van der Waals surface area contributed by atoms with Crippen LogP contribution in [0.4, 0.5) is 18.9 Å². The Hall–Kier alpha value is -1.43. The van der Waals surface area contributed by atoms with Gasteiger partial charge in [0.1, 0.15) is 5.75 Å². The van der Waals surface area contributed by atoms with E-state index in [9.17, 15) is 18.0 Å². The lowest BCUT2D eigenvalue weighted by Gasteiger charge is -2.17. The second kappa shape index (κ2) is 5.27. The zero-order chi connectivity index (χ0) is 13.1. The van der Waals surface area contributed by atoms with Gasteiger partial charge in [-0.3, -0.25) is 4.79 Å². The second-order valence-electron chi connectivity index (χ2n) is 3.17. The largest absolute Gasteiger partial charge is 0.444 e. The first kappa shape index (κ1) is 13.6. The smallest absolute Gasteiger partial charge is 0.429 e. The molecule has 0 saturated carbocycles. The van der Waals surface area contributed by atoms with Crippen LogP contribution in [-0.2, 0) is 4.79 Å². The molecule has 0 aromatic heterocycles. The maximum atomic E-state index is 12.7. The van der Waals surface area contributed by atoms with Crippen molar-refractivity contribution in [2.45, 2.75) is 18.7 Å². The summed E-state index contributed by atoms with van der Waals surface area (Å²) < 4.78 is 41.8. The zero-order valence-corrected chi connectivity index (χ0v) is 9.47. The second-order valence-corrected chi connectivity index (χ2v) is 3.55. The molecular formula is C10H9ClF3NO2. The number of benzene rings is 1. The molecule has 0 radical (unpaired) electrons. The summed E-state index contributed by atoms with van der Waals surface area (Å²) in [4.78, 5) is 10.7. The summed E-state index contributed by atoms with van der Waals surface area (Å²) in [6.07, 6.45) is -4.10. The van der Waals surface area contributed by atoms with Gasteiger partial charge in [-0.1, -0.05) is 11.6 Å². The van der Waals surface area contributed by atoms with Crippen LogP contribution in [0.2, 0.25) is 0 Å². The Bertz CT molecular complexity index is 395. The Balaban J connectivity index is 2.72. The van der Waals surface area contributed by atoms with E-state index in [-0.39, 0.29) is 11.7 Å². The Morgan fingerprint density at radius 1 is 1.41 bits per heavy atom. The number of nitrogens with one attached hydrogen (secondary N) is 1. The molecule has 1 amide bonds. The molecule has 0 heterocycles. The van der Waals surface area contributed by atoms with E-state index in [0.29, 0.717) is 5.69 Å². The van der Waals surface area contributed by atoms with Crippen LogP contribution < -0.4 is 10.1 Å². The van der Waals surface area contributed by atoms with E-state index in [1.165, 1.54) is 31.2 Å². The molecule has 1 aromatic carbocycles. The Morgan fingerprint density at radius 2 is 1.94 bits per heavy atom. The van der Waals surface area contributed by atoms with Crippen LogP contribution in [0, 0.1) is 0 Å². The van der Waals surface area contributed by atoms with E-state index >= 15 is 0 Å². The Kier molecular flexibility index (Phi) is 4.22. The summed E-state index contributed by atoms with van der Waals surface area (Å²) in [7, 11) is 0. The summed E-state index contributed by atoms with van der Waals surface area (Å²) in [5, 5.41) is 2.44. The maximum Gasteiger partial charge on any atom is 0.444 e. The molecule has 1 atom stereocenters. The topological polar surface area (TPSA) is 38.3 Å². The summed E-state index contributed by atoms with van der Waals surface area (Å²) in [5.41, 5.74) is -2.52. The summed E-state index contributed by atoms with van der Waals surface area (Å²) in [6, 6.07) is 5.01. The highest BCUT2D eigenvalue weighted by atomic mass is 35.5. The zero-order valence-electron chi connectivity index (χ0n) is 8.72. The number of hydrogen-bond acceptors (Lipinski definition) is 2. The van der Waals surface area contributed by atoms with E-state index in [1.54, 1.807) is 0 Å². The van der Waals surface area contributed by atoms with Gasteiger partial charge < -0.3 is 10.1 Å². The predicted octanol–water partition coefficient (Wildman–Crippen LogP) is 3.15. The van der Waals surface area contributed by atoms with Crippen LogP contribution in [0.15, 0.2) is 24.3 Å². The first-order valence-corrected chi connectivity index (χ1v) is 4.97. The van der Waals surface area contributed by atoms with Gasteiger partial charge in [0.15, 0.2) is 0 Å². The molecule has 1 aromatic rings. The molecule has 0 spiro atoms. The fourth-order valence-corrected chi connectivity index (χ4v) is 1.06. The number of alkyl halides is 4. The molecule has 7 heteroatoms. The van der Waals surface area contributed by atoms with Gasteiger partial charge in [0.2, 0.25) is 5.91 Å². The molecule has 0 saturated heterocycles. The van der Waals surface area contributed by atoms with Gasteiger partial charge in [0.25, 0.3) is 5.63 Å². The van der Waals surface area contributed by atoms with Crippen molar-refractivity contribution in [3.05, 3.63) is 24.3 Å². The minimum Gasteiger partial charge on any atom is -0.429 e. The molecule has 1 unspecified atom stereocenters. The van der Waals surface area contributed by atoms with E-state index in [0.717, 1.165) is 0 Å². The van der Waals surface area contributed by atoms with Crippen molar-refractivity contribution in [3.63, 3.8) is 0 Å². The number of anilines is 1. The first-order chi connectivity index (χ1) is 7.81. The number of amides is 1. The van der Waals surface area contributed by atoms with Gasteiger partial charge in [0, 0.05) is 12.6 Å². The SMILES string of the molecule is CC(=O)Nc1ccc(OC(F)(F)C(F)Cl)cc1. The van der Waals surface area contributed by atoms with Crippen molar-refractivity contribution in [1.82, 2.24) is 0 Å². The predicted molar refractivity (Wildman–Crippen MR) is 57.1 cm³/mol. The monoisotopic (exact) mass is 267 g/mol. The lowest BCUT2D eigenvalue weighted by Crippen LogP contribution is -2.32. The quantitative estimate of drug-likeness (QED) is 0.851. The number of hydrogen-bond donors (Lipinski definition) is 1. The van der Waals surface area contributed by atoms with E-state index in [2.05, 4.69) is 21.7 Å². The molecule has 1 rings (SSSR count). The molecule has 17 heavy (non-hydrogen) atoms. The van der Waals surface area contributed by atoms with Crippen LogP contribution >= 0.6 is 11.6 Å². The molecular weight excluding hydrogens is 259 g/mol. The summed E-state index contributed by atoms with van der Waals surface area (Å²) >= 11 is 4.62. The molecule has 94 valence electrons. The van der Waals surface area contributed by atoms with Crippen LogP contribution in [0.1, 0.15) is 6.92 Å². The van der Waals surface area contributed by atoms with Crippen LogP contribution in [0.3, 0.4) is 0 Å². The van der Waals surface area contributed by atoms with Gasteiger partial charge in [-0.25, -0.2) is 4.39 Å². The fourth-order valence-electron chi connectivity index (χ4n) is 1.01. The van der Waals surface area contributed by atoms with E-state index in [1.807, 2.05) is 0 Å². The highest BCUT2D eigenvalue weighted by molar-refractivity contribution is 6.20. The van der Waals surface area contributed by atoms with Gasteiger partial charge in [0.05, 0.1) is 0 Å². The third-order valence-electron chi connectivity index (χ3n) is 1.68. The lowest BCUT2D eigenvalue weighted by molar-refractivity contribution is -0.199. The number of carbonyl (C=O) groups excluding carboxylic acids is 1. The average molecular weight is 268 g/mol. The van der Waals surface area contributed by atoms with Gasteiger partial charge in [-0.05, 0) is 24.3 Å². The summed E-state index contributed by atoms with van der Waals surface area (Å²) in [6.45, 7) is 1.31. The third kappa shape index (κ3) is 4.14.